The van der Waals surface area contributed by atoms with Gasteiger partial charge in [-0.2, -0.15) is 0 Å². The van der Waals surface area contributed by atoms with Crippen LogP contribution in [0.2, 0.25) is 0 Å². The summed E-state index contributed by atoms with van der Waals surface area (Å²) in [6.45, 7) is 5.68. The summed E-state index contributed by atoms with van der Waals surface area (Å²) in [7, 11) is -3.77. The molecule has 0 spiro atoms. The number of carbonyl (C=O) groups is 1. The Morgan fingerprint density at radius 3 is 2.11 bits per heavy atom. The van der Waals surface area contributed by atoms with Crippen LogP contribution in [0.1, 0.15) is 24.5 Å². The van der Waals surface area contributed by atoms with Crippen molar-refractivity contribution >= 4 is 27.3 Å². The quantitative estimate of drug-likeness (QED) is 0.265. The third-order valence-electron chi connectivity index (χ3n) is 5.96. The maximum absolute atomic E-state index is 12.9. The summed E-state index contributed by atoms with van der Waals surface area (Å²) < 4.78 is 34.2. The Hall–Kier alpha value is -4.10. The van der Waals surface area contributed by atoms with E-state index < -0.39 is 16.1 Å². The zero-order valence-electron chi connectivity index (χ0n) is 21.1. The van der Waals surface area contributed by atoms with E-state index >= 15 is 0 Å². The summed E-state index contributed by atoms with van der Waals surface area (Å²) in [6, 6.07) is 29.2. The van der Waals surface area contributed by atoms with Crippen molar-refractivity contribution in [1.29, 1.82) is 0 Å². The van der Waals surface area contributed by atoms with Crippen molar-refractivity contribution in [2.45, 2.75) is 38.2 Å². The van der Waals surface area contributed by atoms with Crippen LogP contribution in [0.3, 0.4) is 0 Å². The molecular weight excluding hydrogens is 484 g/mol. The molecular formula is C30H30N2O4S. The molecule has 2 N–H and O–H groups in total. The first kappa shape index (κ1) is 26.0. The first-order valence-corrected chi connectivity index (χ1v) is 13.6. The average Bonchev–Trinajstić information content (AvgIpc) is 2.90. The van der Waals surface area contributed by atoms with Crippen LogP contribution < -0.4 is 14.8 Å². The van der Waals surface area contributed by atoms with Crippen molar-refractivity contribution in [2.75, 3.05) is 10.0 Å². The molecule has 4 rings (SSSR count). The predicted molar refractivity (Wildman–Crippen MR) is 148 cm³/mol. The fourth-order valence-corrected chi connectivity index (χ4v) is 5.05. The van der Waals surface area contributed by atoms with Gasteiger partial charge in [0.05, 0.1) is 10.6 Å². The number of benzene rings is 4. The van der Waals surface area contributed by atoms with Gasteiger partial charge in [0.2, 0.25) is 0 Å². The number of rotatable bonds is 9. The molecule has 0 saturated heterocycles. The van der Waals surface area contributed by atoms with Gasteiger partial charge in [0.1, 0.15) is 5.75 Å². The number of ether oxygens (including phenoxy) is 1. The van der Waals surface area contributed by atoms with Gasteiger partial charge in [-0.15, -0.1) is 0 Å². The van der Waals surface area contributed by atoms with E-state index in [1.165, 1.54) is 12.1 Å². The van der Waals surface area contributed by atoms with E-state index in [0.29, 0.717) is 23.5 Å². The minimum absolute atomic E-state index is 0.104. The molecule has 0 radical (unpaired) electrons. The Bertz CT molecular complexity index is 1470. The van der Waals surface area contributed by atoms with Crippen LogP contribution in [0.5, 0.6) is 5.75 Å². The molecule has 0 saturated carbocycles. The molecule has 4 aromatic carbocycles. The summed E-state index contributed by atoms with van der Waals surface area (Å²) in [5.41, 5.74) is 5.08. The number of amides is 1. The molecule has 37 heavy (non-hydrogen) atoms. The van der Waals surface area contributed by atoms with Gasteiger partial charge in [-0.3, -0.25) is 9.52 Å². The monoisotopic (exact) mass is 514 g/mol. The molecule has 0 fully saturated rings. The molecule has 1 atom stereocenters. The second-order valence-electron chi connectivity index (χ2n) is 8.84. The Labute approximate surface area is 218 Å². The third kappa shape index (κ3) is 6.57. The van der Waals surface area contributed by atoms with Gasteiger partial charge in [0.15, 0.2) is 6.10 Å². The summed E-state index contributed by atoms with van der Waals surface area (Å²) in [5, 5.41) is 2.81. The van der Waals surface area contributed by atoms with Crippen LogP contribution in [0.4, 0.5) is 11.4 Å². The first-order valence-electron chi connectivity index (χ1n) is 12.1. The maximum Gasteiger partial charge on any atom is 0.265 e. The van der Waals surface area contributed by atoms with Gasteiger partial charge in [-0.05, 0) is 79.4 Å². The van der Waals surface area contributed by atoms with E-state index in [2.05, 4.69) is 10.0 Å². The normalized spacial score (nSPS) is 12.0. The zero-order valence-corrected chi connectivity index (χ0v) is 21.9. The minimum Gasteiger partial charge on any atom is -0.481 e. The number of anilines is 2. The molecule has 6 nitrogen and oxygen atoms in total. The summed E-state index contributed by atoms with van der Waals surface area (Å²) in [5.74, 6) is 0.291. The molecule has 4 aromatic rings. The van der Waals surface area contributed by atoms with E-state index in [1.807, 2.05) is 87.5 Å². The third-order valence-corrected chi connectivity index (χ3v) is 7.34. The predicted octanol–water partition coefficient (Wildman–Crippen LogP) is 6.57. The first-order chi connectivity index (χ1) is 17.7. The van der Waals surface area contributed by atoms with Gasteiger partial charge in [-0.25, -0.2) is 8.42 Å². The highest BCUT2D eigenvalue weighted by Gasteiger charge is 2.20. The lowest BCUT2D eigenvalue weighted by Crippen LogP contribution is -2.32. The lowest BCUT2D eigenvalue weighted by atomic mass is 10.1. The van der Waals surface area contributed by atoms with Gasteiger partial charge < -0.3 is 10.1 Å². The Morgan fingerprint density at radius 1 is 0.838 bits per heavy atom. The van der Waals surface area contributed by atoms with E-state index in [4.69, 9.17) is 4.74 Å². The number of aryl methyl sites for hydroxylation is 2. The molecule has 0 bridgehead atoms. The molecule has 0 aliphatic rings. The second kappa shape index (κ2) is 11.3. The highest BCUT2D eigenvalue weighted by molar-refractivity contribution is 7.92. The van der Waals surface area contributed by atoms with Crippen LogP contribution in [-0.4, -0.2) is 20.4 Å². The average molecular weight is 515 g/mol. The van der Waals surface area contributed by atoms with Gasteiger partial charge >= 0.3 is 0 Å². The van der Waals surface area contributed by atoms with E-state index in [1.54, 1.807) is 18.2 Å². The Balaban J connectivity index is 1.39. The summed E-state index contributed by atoms with van der Waals surface area (Å²) in [4.78, 5) is 13.0. The van der Waals surface area contributed by atoms with E-state index in [9.17, 15) is 13.2 Å². The number of carbonyl (C=O) groups excluding carboxylic acids is 1. The van der Waals surface area contributed by atoms with Crippen molar-refractivity contribution in [3.63, 3.8) is 0 Å². The topological polar surface area (TPSA) is 84.5 Å². The molecule has 0 aromatic heterocycles. The molecule has 190 valence electrons. The molecule has 1 amide bonds. The standard InChI is InChI=1S/C30H30N2O4S/c1-4-29(36-26-15-11-24(12-16-26)23-8-6-5-7-9-23)30(33)31-25-13-17-27(18-14-25)37(34,35)32-28-19-10-21(2)20-22(28)3/h5-20,29,32H,4H2,1-3H3,(H,31,33). The smallest absolute Gasteiger partial charge is 0.265 e. The highest BCUT2D eigenvalue weighted by Crippen LogP contribution is 2.24. The molecule has 7 heteroatoms. The number of sulfonamides is 1. The van der Waals surface area contributed by atoms with Gasteiger partial charge in [-0.1, -0.05) is 67.1 Å². The number of nitrogens with one attached hydrogen (secondary N) is 2. The molecule has 1 unspecified atom stereocenters. The lowest BCUT2D eigenvalue weighted by Gasteiger charge is -2.18. The van der Waals surface area contributed by atoms with Crippen molar-refractivity contribution in [1.82, 2.24) is 0 Å². The number of hydrogen-bond acceptors (Lipinski definition) is 4. The molecule has 0 aliphatic carbocycles. The summed E-state index contributed by atoms with van der Waals surface area (Å²) >= 11 is 0. The molecule has 0 heterocycles. The Morgan fingerprint density at radius 2 is 1.49 bits per heavy atom. The van der Waals surface area contributed by atoms with Crippen LogP contribution in [0, 0.1) is 13.8 Å². The van der Waals surface area contributed by atoms with Crippen LogP contribution in [0.15, 0.2) is 102 Å². The second-order valence-corrected chi connectivity index (χ2v) is 10.5. The molecule has 0 aliphatic heterocycles. The fraction of sp³-hybridized carbons (Fsp3) is 0.167. The van der Waals surface area contributed by atoms with Crippen LogP contribution >= 0.6 is 0 Å². The number of hydrogen-bond donors (Lipinski definition) is 2. The lowest BCUT2D eigenvalue weighted by molar-refractivity contribution is -0.122. The zero-order chi connectivity index (χ0) is 26.4. The van der Waals surface area contributed by atoms with Crippen LogP contribution in [-0.2, 0) is 14.8 Å². The highest BCUT2D eigenvalue weighted by atomic mass is 32.2. The van der Waals surface area contributed by atoms with Crippen molar-refractivity contribution < 1.29 is 17.9 Å². The van der Waals surface area contributed by atoms with Gasteiger partial charge in [0.25, 0.3) is 15.9 Å². The largest absolute Gasteiger partial charge is 0.481 e. The van der Waals surface area contributed by atoms with Crippen molar-refractivity contribution in [3.05, 3.63) is 108 Å². The SMILES string of the molecule is CCC(Oc1ccc(-c2ccccc2)cc1)C(=O)Nc1ccc(S(=O)(=O)Nc2ccc(C)cc2C)cc1. The van der Waals surface area contributed by atoms with Crippen LogP contribution in [0.25, 0.3) is 11.1 Å². The van der Waals surface area contributed by atoms with Crippen molar-refractivity contribution in [3.8, 4) is 16.9 Å². The fourth-order valence-electron chi connectivity index (χ4n) is 3.92. The van der Waals surface area contributed by atoms with E-state index in [0.717, 1.165) is 22.3 Å². The van der Waals surface area contributed by atoms with E-state index in [-0.39, 0.29) is 10.8 Å². The van der Waals surface area contributed by atoms with Crippen molar-refractivity contribution in [2.24, 2.45) is 0 Å². The minimum atomic E-state index is -3.77. The summed E-state index contributed by atoms with van der Waals surface area (Å²) in [6.07, 6.45) is -0.226. The Kier molecular flexibility index (Phi) is 7.94. The maximum atomic E-state index is 12.9. The van der Waals surface area contributed by atoms with Gasteiger partial charge in [0, 0.05) is 5.69 Å².